The number of hydrogen-bond donors (Lipinski definition) is 1. The van der Waals surface area contributed by atoms with Crippen LogP contribution in [0.15, 0.2) is 16.7 Å². The lowest BCUT2D eigenvalue weighted by molar-refractivity contribution is -0.119. The summed E-state index contributed by atoms with van der Waals surface area (Å²) >= 11 is 3.42. The molecule has 4 nitrogen and oxygen atoms in total. The smallest absolute Gasteiger partial charge is 0.240 e. The number of carbonyl (C=O) groups excluding carboxylic acids is 1. The fourth-order valence-electron chi connectivity index (χ4n) is 2.18. The molecule has 92 valence electrons. The van der Waals surface area contributed by atoms with E-state index in [1.807, 2.05) is 17.9 Å². The standard InChI is InChI=1S/C12H16BrN3O/c1-8-6-11(15-7-9(8)13)16-5-3-2-4-10(16)12(14)17/h6-7,10H,2-5H2,1H3,(H2,14,17). The van der Waals surface area contributed by atoms with Crippen molar-refractivity contribution in [3.8, 4) is 0 Å². The number of rotatable bonds is 2. The largest absolute Gasteiger partial charge is 0.368 e. The third-order valence-electron chi connectivity index (χ3n) is 3.16. The van der Waals surface area contributed by atoms with E-state index in [4.69, 9.17) is 5.73 Å². The molecule has 0 bridgehead atoms. The average molecular weight is 298 g/mol. The van der Waals surface area contributed by atoms with E-state index < -0.39 is 0 Å². The second-order valence-electron chi connectivity index (χ2n) is 4.40. The van der Waals surface area contributed by atoms with Gasteiger partial charge >= 0.3 is 0 Å². The van der Waals surface area contributed by atoms with Crippen LogP contribution in [0.2, 0.25) is 0 Å². The lowest BCUT2D eigenvalue weighted by atomic mass is 10.0. The summed E-state index contributed by atoms with van der Waals surface area (Å²) in [5.74, 6) is 0.585. The minimum Gasteiger partial charge on any atom is -0.368 e. The first-order chi connectivity index (χ1) is 8.09. The summed E-state index contributed by atoms with van der Waals surface area (Å²) in [6.45, 7) is 2.86. The summed E-state index contributed by atoms with van der Waals surface area (Å²) in [5, 5.41) is 0. The summed E-state index contributed by atoms with van der Waals surface area (Å²) in [5.41, 5.74) is 6.56. The molecule has 1 aliphatic rings. The molecule has 0 radical (unpaired) electrons. The van der Waals surface area contributed by atoms with Crippen LogP contribution in [0.3, 0.4) is 0 Å². The van der Waals surface area contributed by atoms with Crippen molar-refractivity contribution in [2.75, 3.05) is 11.4 Å². The number of nitrogens with zero attached hydrogens (tertiary/aromatic N) is 2. The molecule has 1 aromatic rings. The van der Waals surface area contributed by atoms with Crippen LogP contribution in [0.4, 0.5) is 5.82 Å². The van der Waals surface area contributed by atoms with Gasteiger partial charge in [0.15, 0.2) is 0 Å². The molecule has 5 heteroatoms. The van der Waals surface area contributed by atoms with Crippen LogP contribution in [0.5, 0.6) is 0 Å². The Bertz CT molecular complexity index is 436. The zero-order valence-corrected chi connectivity index (χ0v) is 11.4. The lowest BCUT2D eigenvalue weighted by Crippen LogP contribution is -2.48. The Balaban J connectivity index is 2.29. The van der Waals surface area contributed by atoms with Crippen LogP contribution >= 0.6 is 15.9 Å². The second-order valence-corrected chi connectivity index (χ2v) is 5.25. The number of halogens is 1. The molecular formula is C12H16BrN3O. The third-order valence-corrected chi connectivity index (χ3v) is 3.99. The molecule has 1 aromatic heterocycles. The van der Waals surface area contributed by atoms with Gasteiger partial charge in [-0.3, -0.25) is 4.79 Å². The fraction of sp³-hybridized carbons (Fsp3) is 0.500. The predicted octanol–water partition coefficient (Wildman–Crippen LogP) is 2.00. The molecule has 1 atom stereocenters. The van der Waals surface area contributed by atoms with Crippen molar-refractivity contribution in [1.29, 1.82) is 0 Å². The first kappa shape index (κ1) is 12.4. The molecule has 2 heterocycles. The van der Waals surface area contributed by atoms with Gasteiger partial charge in [-0.05, 0) is 53.7 Å². The minimum atomic E-state index is -0.257. The molecule has 17 heavy (non-hydrogen) atoms. The second kappa shape index (κ2) is 5.04. The van der Waals surface area contributed by atoms with Crippen molar-refractivity contribution < 1.29 is 4.79 Å². The SMILES string of the molecule is Cc1cc(N2CCCCC2C(N)=O)ncc1Br. The Kier molecular flexibility index (Phi) is 3.66. The molecule has 1 aliphatic heterocycles. The van der Waals surface area contributed by atoms with Gasteiger partial charge in [0.05, 0.1) is 0 Å². The number of amides is 1. The van der Waals surface area contributed by atoms with Gasteiger partial charge in [0.25, 0.3) is 0 Å². The van der Waals surface area contributed by atoms with Crippen molar-refractivity contribution in [3.63, 3.8) is 0 Å². The number of anilines is 1. The minimum absolute atomic E-state index is 0.211. The van der Waals surface area contributed by atoms with Crippen LogP contribution in [0.1, 0.15) is 24.8 Å². The van der Waals surface area contributed by atoms with Crippen LogP contribution < -0.4 is 10.6 Å². The average Bonchev–Trinajstić information content (AvgIpc) is 2.32. The van der Waals surface area contributed by atoms with Crippen LogP contribution in [0.25, 0.3) is 0 Å². The first-order valence-corrected chi connectivity index (χ1v) is 6.57. The molecule has 1 unspecified atom stereocenters. The zero-order valence-electron chi connectivity index (χ0n) is 9.82. The highest BCUT2D eigenvalue weighted by Gasteiger charge is 2.27. The van der Waals surface area contributed by atoms with Gasteiger partial charge in [-0.1, -0.05) is 0 Å². The number of carbonyl (C=O) groups is 1. The van der Waals surface area contributed by atoms with Gasteiger partial charge in [0, 0.05) is 17.2 Å². The summed E-state index contributed by atoms with van der Waals surface area (Å²) in [7, 11) is 0. The molecule has 0 spiro atoms. The van der Waals surface area contributed by atoms with Gasteiger partial charge in [0.2, 0.25) is 5.91 Å². The van der Waals surface area contributed by atoms with E-state index in [-0.39, 0.29) is 11.9 Å². The summed E-state index contributed by atoms with van der Waals surface area (Å²) in [6, 6.07) is 1.78. The van der Waals surface area contributed by atoms with E-state index in [2.05, 4.69) is 20.9 Å². The molecule has 0 saturated carbocycles. The third kappa shape index (κ3) is 2.60. The van der Waals surface area contributed by atoms with Crippen LogP contribution in [-0.2, 0) is 4.79 Å². The number of piperidine rings is 1. The summed E-state index contributed by atoms with van der Waals surface area (Å²) in [4.78, 5) is 17.8. The monoisotopic (exact) mass is 297 g/mol. The molecule has 1 amide bonds. The van der Waals surface area contributed by atoms with E-state index in [0.717, 1.165) is 41.7 Å². The molecular weight excluding hydrogens is 282 g/mol. The Morgan fingerprint density at radius 2 is 2.35 bits per heavy atom. The number of primary amides is 1. The molecule has 1 fully saturated rings. The van der Waals surface area contributed by atoms with Gasteiger partial charge in [-0.25, -0.2) is 4.98 Å². The van der Waals surface area contributed by atoms with Gasteiger partial charge in [-0.15, -0.1) is 0 Å². The van der Waals surface area contributed by atoms with Crippen molar-refractivity contribution in [2.24, 2.45) is 5.73 Å². The van der Waals surface area contributed by atoms with E-state index in [1.165, 1.54) is 0 Å². The fourth-order valence-corrected chi connectivity index (χ4v) is 2.40. The molecule has 1 saturated heterocycles. The predicted molar refractivity (Wildman–Crippen MR) is 70.9 cm³/mol. The normalized spacial score (nSPS) is 20.4. The van der Waals surface area contributed by atoms with Gasteiger partial charge < -0.3 is 10.6 Å². The number of pyridine rings is 1. The van der Waals surface area contributed by atoms with E-state index in [1.54, 1.807) is 6.20 Å². The maximum Gasteiger partial charge on any atom is 0.240 e. The number of aromatic nitrogens is 1. The van der Waals surface area contributed by atoms with Crippen molar-refractivity contribution >= 4 is 27.7 Å². The molecule has 2 rings (SSSR count). The van der Waals surface area contributed by atoms with Crippen LogP contribution in [-0.4, -0.2) is 23.5 Å². The number of hydrogen-bond acceptors (Lipinski definition) is 3. The number of aryl methyl sites for hydroxylation is 1. The van der Waals surface area contributed by atoms with Crippen molar-refractivity contribution in [2.45, 2.75) is 32.2 Å². The van der Waals surface area contributed by atoms with Crippen molar-refractivity contribution in [3.05, 3.63) is 22.3 Å². The van der Waals surface area contributed by atoms with Gasteiger partial charge in [-0.2, -0.15) is 0 Å². The summed E-state index contributed by atoms with van der Waals surface area (Å²) < 4.78 is 0.980. The zero-order chi connectivity index (χ0) is 12.4. The molecule has 0 aliphatic carbocycles. The maximum absolute atomic E-state index is 11.4. The maximum atomic E-state index is 11.4. The van der Waals surface area contributed by atoms with Crippen molar-refractivity contribution in [1.82, 2.24) is 4.98 Å². The molecule has 2 N–H and O–H groups in total. The topological polar surface area (TPSA) is 59.2 Å². The Morgan fingerprint density at radius 1 is 1.59 bits per heavy atom. The lowest BCUT2D eigenvalue weighted by Gasteiger charge is -2.34. The van der Waals surface area contributed by atoms with E-state index in [9.17, 15) is 4.79 Å². The molecule has 0 aromatic carbocycles. The van der Waals surface area contributed by atoms with Crippen LogP contribution in [0, 0.1) is 6.92 Å². The highest BCUT2D eigenvalue weighted by molar-refractivity contribution is 9.10. The highest BCUT2D eigenvalue weighted by atomic mass is 79.9. The van der Waals surface area contributed by atoms with E-state index >= 15 is 0 Å². The number of nitrogens with two attached hydrogens (primary N) is 1. The summed E-state index contributed by atoms with van der Waals surface area (Å²) in [6.07, 6.45) is 4.74. The van der Waals surface area contributed by atoms with E-state index in [0.29, 0.717) is 0 Å². The van der Waals surface area contributed by atoms with Gasteiger partial charge in [0.1, 0.15) is 11.9 Å². The Morgan fingerprint density at radius 3 is 3.00 bits per heavy atom. The first-order valence-electron chi connectivity index (χ1n) is 5.77. The quantitative estimate of drug-likeness (QED) is 0.908. The highest BCUT2D eigenvalue weighted by Crippen LogP contribution is 2.25. The Labute approximate surface area is 109 Å². The Hall–Kier alpha value is -1.10.